The summed E-state index contributed by atoms with van der Waals surface area (Å²) in [5, 5.41) is 14.4. The first kappa shape index (κ1) is 20.7. The maximum absolute atomic E-state index is 10.6. The molecule has 0 bridgehead atoms. The van der Waals surface area contributed by atoms with E-state index in [0.717, 1.165) is 0 Å². The van der Waals surface area contributed by atoms with Crippen LogP contribution in [0, 0.1) is 0 Å². The Morgan fingerprint density at radius 2 is 1.07 bits per heavy atom. The lowest BCUT2D eigenvalue weighted by Crippen LogP contribution is -2.14. The Kier molecular flexibility index (Phi) is 7.75. The summed E-state index contributed by atoms with van der Waals surface area (Å²) in [5.41, 5.74) is 4.46. The molecule has 0 aliphatic heterocycles. The molecule has 3 aliphatic carbocycles. The summed E-state index contributed by atoms with van der Waals surface area (Å²) in [6.07, 6.45) is 19.9. The minimum Gasteiger partial charge on any atom is -0.691 e. The summed E-state index contributed by atoms with van der Waals surface area (Å²) in [7, 11) is 0. The molecule has 0 radical (unpaired) electrons. The summed E-state index contributed by atoms with van der Waals surface area (Å²) >= 11 is 1.18. The van der Waals surface area contributed by atoms with Gasteiger partial charge in [-0.25, -0.2) is 0 Å². The van der Waals surface area contributed by atoms with Gasteiger partial charge in [-0.1, -0.05) is 69.9 Å². The van der Waals surface area contributed by atoms with E-state index in [1.54, 1.807) is 5.56 Å². The normalized spacial score (nSPS) is 23.2. The fourth-order valence-electron chi connectivity index (χ4n) is 5.95. The van der Waals surface area contributed by atoms with Crippen molar-refractivity contribution in [1.82, 2.24) is 0 Å². The van der Waals surface area contributed by atoms with Gasteiger partial charge in [0.2, 0.25) is 0 Å². The monoisotopic (exact) mass is 403 g/mol. The molecule has 0 atom stereocenters. The van der Waals surface area contributed by atoms with Gasteiger partial charge in [0.25, 0.3) is 0 Å². The molecule has 1 aromatic rings. The molecule has 0 saturated heterocycles. The Morgan fingerprint density at radius 3 is 1.50 bits per heavy atom. The van der Waals surface area contributed by atoms with E-state index in [1.807, 2.05) is 0 Å². The minimum atomic E-state index is 0.609. The van der Waals surface area contributed by atoms with Crippen LogP contribution in [0.1, 0.15) is 131 Å². The topological polar surface area (TPSA) is 41.5 Å². The molecule has 0 N–H and O–H groups in total. The average molecular weight is 404 g/mol. The van der Waals surface area contributed by atoms with Gasteiger partial charge in [-0.15, -0.1) is 0 Å². The van der Waals surface area contributed by atoms with Gasteiger partial charge < -0.3 is 5.26 Å². The predicted octanol–water partition coefficient (Wildman–Crippen LogP) is 7.06. The van der Waals surface area contributed by atoms with Crippen LogP contribution in [-0.4, -0.2) is 0 Å². The van der Waals surface area contributed by atoms with Crippen LogP contribution in [0.15, 0.2) is 17.0 Å². The zero-order chi connectivity index (χ0) is 19.2. The first-order chi connectivity index (χ1) is 13.9. The van der Waals surface area contributed by atoms with Crippen LogP contribution < -0.4 is 5.26 Å². The Labute approximate surface area is 174 Å². The first-order valence-corrected chi connectivity index (χ1v) is 12.4. The highest BCUT2D eigenvalue weighted by Gasteiger charge is 2.28. The third kappa shape index (κ3) is 4.95. The van der Waals surface area contributed by atoms with Gasteiger partial charge in [0.15, 0.2) is 0 Å². The smallest absolute Gasteiger partial charge is 0.0680 e. The Balaban J connectivity index is 1.74. The maximum atomic E-state index is 10.6. The molecule has 3 nitrogen and oxygen atoms in total. The van der Waals surface area contributed by atoms with Crippen molar-refractivity contribution in [3.8, 4) is 0 Å². The van der Waals surface area contributed by atoms with Gasteiger partial charge >= 0.3 is 0 Å². The minimum absolute atomic E-state index is 0.609. The third-order valence-corrected chi connectivity index (χ3v) is 8.24. The highest BCUT2D eigenvalue weighted by Crippen LogP contribution is 2.47. The van der Waals surface area contributed by atoms with Gasteiger partial charge in [0, 0.05) is 4.90 Å². The number of rotatable bonds is 6. The van der Waals surface area contributed by atoms with Gasteiger partial charge in [0.1, 0.15) is 0 Å². The van der Waals surface area contributed by atoms with Crippen LogP contribution in [0.5, 0.6) is 0 Å². The second-order valence-electron chi connectivity index (χ2n) is 9.25. The van der Waals surface area contributed by atoms with Crippen molar-refractivity contribution < 1.29 is 14.6 Å². The van der Waals surface area contributed by atoms with Crippen molar-refractivity contribution in [2.75, 3.05) is 0 Å². The number of benzene rings is 1. The van der Waals surface area contributed by atoms with E-state index in [1.165, 1.54) is 124 Å². The first-order valence-electron chi connectivity index (χ1n) is 11.7. The summed E-state index contributed by atoms with van der Waals surface area (Å²) in [4.78, 5) is 1.20. The summed E-state index contributed by atoms with van der Waals surface area (Å²) in [5.74, 6) is 1.93. The van der Waals surface area contributed by atoms with E-state index in [0.29, 0.717) is 17.8 Å². The van der Waals surface area contributed by atoms with Gasteiger partial charge in [-0.05, 0) is 73.0 Å². The van der Waals surface area contributed by atoms with Crippen LogP contribution in [0.4, 0.5) is 0 Å². The molecule has 3 fully saturated rings. The Hall–Kier alpha value is -0.550. The maximum Gasteiger partial charge on any atom is 0.0680 e. The SMILES string of the molecule is [O-]OOSc1c(C2CCCCC2)cc(C2CCCCC2)cc1C1CCCCC1. The zero-order valence-corrected chi connectivity index (χ0v) is 17.9. The molecule has 0 amide bonds. The molecular formula is C24H35O3S-. The van der Waals surface area contributed by atoms with Crippen LogP contribution in [0.3, 0.4) is 0 Å². The average Bonchev–Trinajstić information content (AvgIpc) is 2.79. The molecule has 3 aliphatic rings. The molecular weight excluding hydrogens is 368 g/mol. The second kappa shape index (κ2) is 10.5. The fourth-order valence-corrected chi connectivity index (χ4v) is 6.69. The molecule has 0 heterocycles. The van der Waals surface area contributed by atoms with Gasteiger partial charge in [0.05, 0.1) is 12.0 Å². The molecule has 1 aromatic carbocycles. The zero-order valence-electron chi connectivity index (χ0n) is 17.1. The third-order valence-electron chi connectivity index (χ3n) is 7.48. The predicted molar refractivity (Wildman–Crippen MR) is 112 cm³/mol. The largest absolute Gasteiger partial charge is 0.691 e. The van der Waals surface area contributed by atoms with Crippen molar-refractivity contribution in [2.45, 2.75) is 119 Å². The molecule has 4 rings (SSSR count). The van der Waals surface area contributed by atoms with Gasteiger partial charge in [-0.3, -0.25) is 5.04 Å². The van der Waals surface area contributed by atoms with Crippen molar-refractivity contribution in [2.24, 2.45) is 0 Å². The Morgan fingerprint density at radius 1 is 0.643 bits per heavy atom. The molecule has 28 heavy (non-hydrogen) atoms. The molecule has 0 unspecified atom stereocenters. The van der Waals surface area contributed by atoms with Crippen molar-refractivity contribution in [1.29, 1.82) is 0 Å². The van der Waals surface area contributed by atoms with Crippen molar-refractivity contribution in [3.05, 3.63) is 28.8 Å². The molecule has 3 saturated carbocycles. The van der Waals surface area contributed by atoms with E-state index in [-0.39, 0.29) is 0 Å². The lowest BCUT2D eigenvalue weighted by molar-refractivity contribution is -0.777. The van der Waals surface area contributed by atoms with E-state index >= 15 is 0 Å². The van der Waals surface area contributed by atoms with Crippen LogP contribution in [0.25, 0.3) is 0 Å². The molecule has 0 spiro atoms. The van der Waals surface area contributed by atoms with Crippen LogP contribution in [0.2, 0.25) is 0 Å². The number of hydrogen-bond donors (Lipinski definition) is 0. The Bertz CT molecular complexity index is 575. The fraction of sp³-hybridized carbons (Fsp3) is 0.750. The lowest BCUT2D eigenvalue weighted by Gasteiger charge is -2.32. The number of hydrogen-bond acceptors (Lipinski definition) is 4. The van der Waals surface area contributed by atoms with E-state index in [4.69, 9.17) is 4.33 Å². The standard InChI is InChI=1S/C24H36O3S/c25-26-27-28-24-22(19-12-6-2-7-13-19)16-21(18-10-4-1-5-11-18)17-23(24)20-14-8-3-9-15-20/h16-20,25H,1-15H2/p-1. The van der Waals surface area contributed by atoms with Gasteiger partial charge in [-0.2, -0.15) is 4.33 Å². The van der Waals surface area contributed by atoms with Crippen molar-refractivity contribution in [3.63, 3.8) is 0 Å². The van der Waals surface area contributed by atoms with Crippen LogP contribution >= 0.6 is 12.0 Å². The molecule has 156 valence electrons. The molecule has 4 heteroatoms. The lowest BCUT2D eigenvalue weighted by atomic mass is 9.76. The highest BCUT2D eigenvalue weighted by atomic mass is 32.2. The van der Waals surface area contributed by atoms with Crippen LogP contribution in [-0.2, 0) is 9.37 Å². The van der Waals surface area contributed by atoms with E-state index < -0.39 is 0 Å². The van der Waals surface area contributed by atoms with E-state index in [2.05, 4.69) is 17.2 Å². The quantitative estimate of drug-likeness (QED) is 0.290. The van der Waals surface area contributed by atoms with E-state index in [9.17, 15) is 5.26 Å². The highest BCUT2D eigenvalue weighted by molar-refractivity contribution is 7.94. The van der Waals surface area contributed by atoms with Crippen molar-refractivity contribution >= 4 is 12.0 Å². The summed E-state index contributed by atoms with van der Waals surface area (Å²) in [6.45, 7) is 0. The second-order valence-corrected chi connectivity index (χ2v) is 9.96. The summed E-state index contributed by atoms with van der Waals surface area (Å²) in [6, 6.07) is 4.99. The molecule has 0 aromatic heterocycles. The summed E-state index contributed by atoms with van der Waals surface area (Å²) < 4.78 is 4.93.